The Labute approximate surface area is 181 Å². The number of ether oxygens (including phenoxy) is 2. The predicted molar refractivity (Wildman–Crippen MR) is 114 cm³/mol. The van der Waals surface area contributed by atoms with Crippen molar-refractivity contribution in [3.05, 3.63) is 73.6 Å². The van der Waals surface area contributed by atoms with Gasteiger partial charge in [-0.25, -0.2) is 0 Å². The molecule has 2 aromatic carbocycles. The van der Waals surface area contributed by atoms with E-state index < -0.39 is 5.56 Å². The third-order valence-electron chi connectivity index (χ3n) is 4.41. The maximum atomic E-state index is 12.2. The van der Waals surface area contributed by atoms with Gasteiger partial charge in [-0.2, -0.15) is 9.78 Å². The molecule has 150 valence electrons. The molecule has 1 aliphatic rings. The van der Waals surface area contributed by atoms with Crippen molar-refractivity contribution in [1.82, 2.24) is 9.78 Å². The zero-order valence-electron chi connectivity index (χ0n) is 15.1. The number of nitrogens with one attached hydrogen (secondary N) is 1. The second kappa shape index (κ2) is 8.53. The largest absolute Gasteiger partial charge is 0.486 e. The molecule has 4 rings (SSSR count). The molecular formula is C20H16Cl3N3O3. The molecule has 9 heteroatoms. The third-order valence-corrected chi connectivity index (χ3v) is 5.47. The molecule has 1 aliphatic heterocycles. The highest BCUT2D eigenvalue weighted by atomic mass is 35.5. The SMILES string of the molecule is O=c1c(Cl)c(Cl)cnn1-c1ccc(NCCc2ccc3c(c2)OCCO3)c(Cl)c1. The summed E-state index contributed by atoms with van der Waals surface area (Å²) >= 11 is 18.1. The van der Waals surface area contributed by atoms with E-state index in [2.05, 4.69) is 10.4 Å². The summed E-state index contributed by atoms with van der Waals surface area (Å²) in [6, 6.07) is 11.1. The molecule has 0 saturated heterocycles. The Morgan fingerprint density at radius 3 is 2.59 bits per heavy atom. The lowest BCUT2D eigenvalue weighted by Gasteiger charge is -2.19. The number of halogens is 3. The average molecular weight is 453 g/mol. The van der Waals surface area contributed by atoms with Gasteiger partial charge in [0.1, 0.15) is 18.2 Å². The van der Waals surface area contributed by atoms with E-state index in [0.29, 0.717) is 30.5 Å². The first-order valence-electron chi connectivity index (χ1n) is 8.88. The molecule has 6 nitrogen and oxygen atoms in total. The summed E-state index contributed by atoms with van der Waals surface area (Å²) in [5.74, 6) is 1.55. The molecule has 0 saturated carbocycles. The minimum atomic E-state index is -0.505. The van der Waals surface area contributed by atoms with Crippen molar-refractivity contribution in [2.24, 2.45) is 0 Å². The summed E-state index contributed by atoms with van der Waals surface area (Å²) in [7, 11) is 0. The van der Waals surface area contributed by atoms with Crippen LogP contribution in [0.2, 0.25) is 15.1 Å². The number of benzene rings is 2. The number of rotatable bonds is 5. The van der Waals surface area contributed by atoms with Crippen LogP contribution in [0.15, 0.2) is 47.4 Å². The van der Waals surface area contributed by atoms with Crippen LogP contribution >= 0.6 is 34.8 Å². The number of hydrogen-bond donors (Lipinski definition) is 1. The van der Waals surface area contributed by atoms with E-state index in [0.717, 1.165) is 33.9 Å². The van der Waals surface area contributed by atoms with Crippen LogP contribution in [0.3, 0.4) is 0 Å². The molecule has 0 atom stereocenters. The molecule has 2 heterocycles. The van der Waals surface area contributed by atoms with E-state index in [9.17, 15) is 4.79 Å². The number of nitrogens with zero attached hydrogens (tertiary/aromatic N) is 2. The molecule has 3 aromatic rings. The monoisotopic (exact) mass is 451 g/mol. The van der Waals surface area contributed by atoms with Crippen molar-refractivity contribution in [3.63, 3.8) is 0 Å². The highest BCUT2D eigenvalue weighted by Crippen LogP contribution is 2.31. The second-order valence-electron chi connectivity index (χ2n) is 6.34. The van der Waals surface area contributed by atoms with Crippen LogP contribution in [0.25, 0.3) is 5.69 Å². The minimum absolute atomic E-state index is 0.0839. The van der Waals surface area contributed by atoms with Crippen molar-refractivity contribution in [3.8, 4) is 17.2 Å². The van der Waals surface area contributed by atoms with Gasteiger partial charge in [-0.3, -0.25) is 4.79 Å². The standard InChI is InChI=1S/C20H16Cl3N3O3/c21-14-10-13(26-20(27)19(23)15(22)11-25-26)2-3-16(14)24-6-5-12-1-4-17-18(9-12)29-8-7-28-17/h1-4,9-11,24H,5-8H2. The van der Waals surface area contributed by atoms with Gasteiger partial charge in [0.05, 0.1) is 27.6 Å². The topological polar surface area (TPSA) is 65.4 Å². The van der Waals surface area contributed by atoms with Crippen LogP contribution in [0.4, 0.5) is 5.69 Å². The van der Waals surface area contributed by atoms with Gasteiger partial charge in [-0.05, 0) is 42.3 Å². The lowest BCUT2D eigenvalue weighted by atomic mass is 10.1. The first-order chi connectivity index (χ1) is 14.0. The molecule has 0 aliphatic carbocycles. The second-order valence-corrected chi connectivity index (χ2v) is 7.53. The minimum Gasteiger partial charge on any atom is -0.486 e. The summed E-state index contributed by atoms with van der Waals surface area (Å²) in [6.07, 6.45) is 2.10. The van der Waals surface area contributed by atoms with Crippen molar-refractivity contribution in [2.75, 3.05) is 25.1 Å². The first kappa shape index (κ1) is 19.9. The summed E-state index contributed by atoms with van der Waals surface area (Å²) in [5.41, 5.74) is 1.87. The number of anilines is 1. The van der Waals surface area contributed by atoms with Gasteiger partial charge in [-0.1, -0.05) is 40.9 Å². The van der Waals surface area contributed by atoms with Crippen molar-refractivity contribution in [1.29, 1.82) is 0 Å². The quantitative estimate of drug-likeness (QED) is 0.612. The third kappa shape index (κ3) is 4.29. The zero-order valence-corrected chi connectivity index (χ0v) is 17.4. The Bertz CT molecular complexity index is 1120. The fourth-order valence-electron chi connectivity index (χ4n) is 2.96. The summed E-state index contributed by atoms with van der Waals surface area (Å²) in [5, 5.41) is 7.79. The average Bonchev–Trinajstić information content (AvgIpc) is 2.73. The van der Waals surface area contributed by atoms with Crippen molar-refractivity contribution < 1.29 is 9.47 Å². The van der Waals surface area contributed by atoms with E-state index in [1.54, 1.807) is 18.2 Å². The Hall–Kier alpha value is -2.41. The summed E-state index contributed by atoms with van der Waals surface area (Å²) < 4.78 is 12.3. The Balaban J connectivity index is 1.44. The molecule has 0 radical (unpaired) electrons. The fourth-order valence-corrected chi connectivity index (χ4v) is 3.46. The lowest BCUT2D eigenvalue weighted by Crippen LogP contribution is -2.21. The Morgan fingerprint density at radius 2 is 1.79 bits per heavy atom. The molecule has 0 unspecified atom stereocenters. The first-order valence-corrected chi connectivity index (χ1v) is 10.0. The highest BCUT2D eigenvalue weighted by Gasteiger charge is 2.12. The maximum absolute atomic E-state index is 12.2. The maximum Gasteiger partial charge on any atom is 0.291 e. The number of fused-ring (bicyclic) bond motifs is 1. The summed E-state index contributed by atoms with van der Waals surface area (Å²) in [6.45, 7) is 1.81. The van der Waals surface area contributed by atoms with Gasteiger partial charge >= 0.3 is 0 Å². The van der Waals surface area contributed by atoms with Crippen molar-refractivity contribution in [2.45, 2.75) is 6.42 Å². The van der Waals surface area contributed by atoms with Crippen LogP contribution in [0.5, 0.6) is 11.5 Å². The normalized spacial score (nSPS) is 12.7. The van der Waals surface area contributed by atoms with Crippen LogP contribution in [-0.2, 0) is 6.42 Å². The van der Waals surface area contributed by atoms with Crippen LogP contribution < -0.4 is 20.3 Å². The molecular weight excluding hydrogens is 437 g/mol. The molecule has 0 amide bonds. The zero-order chi connectivity index (χ0) is 20.4. The van der Waals surface area contributed by atoms with E-state index >= 15 is 0 Å². The Kier molecular flexibility index (Phi) is 5.85. The fraction of sp³-hybridized carbons (Fsp3) is 0.200. The van der Waals surface area contributed by atoms with E-state index in [1.165, 1.54) is 6.20 Å². The van der Waals surface area contributed by atoms with Crippen LogP contribution in [0, 0.1) is 0 Å². The van der Waals surface area contributed by atoms with Gasteiger partial charge < -0.3 is 14.8 Å². The van der Waals surface area contributed by atoms with Gasteiger partial charge in [0.25, 0.3) is 5.56 Å². The molecule has 1 aromatic heterocycles. The van der Waals surface area contributed by atoms with Gasteiger partial charge in [0.15, 0.2) is 11.5 Å². The van der Waals surface area contributed by atoms with Gasteiger partial charge in [0, 0.05) is 6.54 Å². The molecule has 29 heavy (non-hydrogen) atoms. The van der Waals surface area contributed by atoms with Gasteiger partial charge in [0.2, 0.25) is 0 Å². The number of aromatic nitrogens is 2. The smallest absolute Gasteiger partial charge is 0.291 e. The van der Waals surface area contributed by atoms with Crippen LogP contribution in [0.1, 0.15) is 5.56 Å². The van der Waals surface area contributed by atoms with E-state index in [4.69, 9.17) is 44.3 Å². The van der Waals surface area contributed by atoms with Crippen molar-refractivity contribution >= 4 is 40.5 Å². The highest BCUT2D eigenvalue weighted by molar-refractivity contribution is 6.41. The Morgan fingerprint density at radius 1 is 1.00 bits per heavy atom. The van der Waals surface area contributed by atoms with E-state index in [1.807, 2.05) is 18.2 Å². The summed E-state index contributed by atoms with van der Waals surface area (Å²) in [4.78, 5) is 12.2. The molecule has 0 fully saturated rings. The molecule has 0 spiro atoms. The number of hydrogen-bond acceptors (Lipinski definition) is 5. The van der Waals surface area contributed by atoms with Gasteiger partial charge in [-0.15, -0.1) is 0 Å². The molecule has 1 N–H and O–H groups in total. The molecule has 0 bridgehead atoms. The van der Waals surface area contributed by atoms with E-state index in [-0.39, 0.29) is 10.0 Å². The van der Waals surface area contributed by atoms with Crippen LogP contribution in [-0.4, -0.2) is 29.5 Å². The lowest BCUT2D eigenvalue weighted by molar-refractivity contribution is 0.171. The predicted octanol–water partition coefficient (Wildman–Crippen LogP) is 4.62.